The van der Waals surface area contributed by atoms with E-state index in [0.29, 0.717) is 0 Å². The number of nitro groups is 1. The molecule has 0 unspecified atom stereocenters. The Morgan fingerprint density at radius 1 is 1.71 bits per heavy atom. The van der Waals surface area contributed by atoms with Gasteiger partial charge < -0.3 is 5.11 Å². The number of hydrogen-bond donors (Lipinski definition) is 1. The Hall–Kier alpha value is -1.69. The molecule has 74 valence electrons. The molecule has 0 radical (unpaired) electrons. The molecule has 0 bridgehead atoms. The molecule has 0 aromatic carbocycles. The largest absolute Gasteiger partial charge is 0.477 e. The normalized spacial score (nSPS) is 9.86. The summed E-state index contributed by atoms with van der Waals surface area (Å²) in [5, 5.41) is 19.1. The Kier molecular flexibility index (Phi) is 2.66. The highest BCUT2D eigenvalue weighted by Crippen LogP contribution is 2.25. The summed E-state index contributed by atoms with van der Waals surface area (Å²) in [7, 11) is 0. The first-order valence-electron chi connectivity index (χ1n) is 3.48. The van der Waals surface area contributed by atoms with E-state index in [9.17, 15) is 14.9 Å². The van der Waals surface area contributed by atoms with Gasteiger partial charge in [-0.05, 0) is 6.92 Å². The Labute approximate surface area is 83.3 Å². The van der Waals surface area contributed by atoms with Gasteiger partial charge in [-0.3, -0.25) is 10.1 Å². The molecule has 6 nitrogen and oxygen atoms in total. The summed E-state index contributed by atoms with van der Waals surface area (Å²) in [6.45, 7) is 1.37. The molecule has 0 saturated carbocycles. The molecule has 0 amide bonds. The third kappa shape index (κ3) is 1.64. The van der Waals surface area contributed by atoms with Gasteiger partial charge in [0.05, 0.1) is 4.92 Å². The van der Waals surface area contributed by atoms with Crippen LogP contribution in [0.15, 0.2) is 6.20 Å². The van der Waals surface area contributed by atoms with Gasteiger partial charge >= 0.3 is 11.7 Å². The van der Waals surface area contributed by atoms with Crippen LogP contribution in [0.4, 0.5) is 5.69 Å². The smallest absolute Gasteiger partial charge is 0.343 e. The SMILES string of the molecule is Cc1c(Cl)ncc([N+](=O)[O-])c1C(=O)O. The van der Waals surface area contributed by atoms with Gasteiger partial charge in [0, 0.05) is 5.56 Å². The second-order valence-electron chi connectivity index (χ2n) is 2.50. The van der Waals surface area contributed by atoms with Gasteiger partial charge in [-0.1, -0.05) is 11.6 Å². The molecule has 0 spiro atoms. The van der Waals surface area contributed by atoms with Crippen molar-refractivity contribution in [1.29, 1.82) is 0 Å². The lowest BCUT2D eigenvalue weighted by atomic mass is 10.1. The molecule has 0 aliphatic heterocycles. The van der Waals surface area contributed by atoms with E-state index in [2.05, 4.69) is 4.98 Å². The lowest BCUT2D eigenvalue weighted by Crippen LogP contribution is -2.06. The number of nitrogens with zero attached hydrogens (tertiary/aromatic N) is 2. The van der Waals surface area contributed by atoms with Crippen molar-refractivity contribution < 1.29 is 14.8 Å². The fourth-order valence-corrected chi connectivity index (χ4v) is 1.13. The molecule has 1 heterocycles. The maximum Gasteiger partial charge on any atom is 0.343 e. The van der Waals surface area contributed by atoms with Gasteiger partial charge in [-0.15, -0.1) is 0 Å². The summed E-state index contributed by atoms with van der Waals surface area (Å²) in [4.78, 5) is 23.9. The van der Waals surface area contributed by atoms with E-state index in [1.54, 1.807) is 0 Å². The molecule has 1 N–H and O–H groups in total. The van der Waals surface area contributed by atoms with Crippen LogP contribution in [-0.2, 0) is 0 Å². The topological polar surface area (TPSA) is 93.3 Å². The maximum absolute atomic E-state index is 10.7. The highest BCUT2D eigenvalue weighted by molar-refractivity contribution is 6.30. The Morgan fingerprint density at radius 3 is 2.71 bits per heavy atom. The third-order valence-corrected chi connectivity index (χ3v) is 2.03. The zero-order chi connectivity index (χ0) is 10.9. The van der Waals surface area contributed by atoms with Crippen molar-refractivity contribution in [3.63, 3.8) is 0 Å². The Bertz CT molecular complexity index is 418. The maximum atomic E-state index is 10.7. The summed E-state index contributed by atoms with van der Waals surface area (Å²) < 4.78 is 0. The van der Waals surface area contributed by atoms with Crippen LogP contribution in [0, 0.1) is 17.0 Å². The summed E-state index contributed by atoms with van der Waals surface area (Å²) in [6.07, 6.45) is 0.832. The van der Waals surface area contributed by atoms with E-state index in [0.717, 1.165) is 6.20 Å². The highest BCUT2D eigenvalue weighted by atomic mass is 35.5. The van der Waals surface area contributed by atoms with Crippen LogP contribution in [0.25, 0.3) is 0 Å². The minimum Gasteiger partial charge on any atom is -0.477 e. The van der Waals surface area contributed by atoms with Crippen LogP contribution in [0.2, 0.25) is 5.15 Å². The zero-order valence-corrected chi connectivity index (χ0v) is 7.78. The quantitative estimate of drug-likeness (QED) is 0.461. The first kappa shape index (κ1) is 10.4. The van der Waals surface area contributed by atoms with Crippen molar-refractivity contribution in [2.24, 2.45) is 0 Å². The van der Waals surface area contributed by atoms with Gasteiger partial charge in [0.25, 0.3) is 0 Å². The molecule has 0 fully saturated rings. The molecular formula is C7H5ClN2O4. The van der Waals surface area contributed by atoms with Crippen molar-refractivity contribution in [3.05, 3.63) is 32.6 Å². The molecular weight excluding hydrogens is 212 g/mol. The van der Waals surface area contributed by atoms with Crippen LogP contribution >= 0.6 is 11.6 Å². The number of carboxylic acid groups (broad SMARTS) is 1. The van der Waals surface area contributed by atoms with Gasteiger partial charge in [-0.2, -0.15) is 0 Å². The van der Waals surface area contributed by atoms with Gasteiger partial charge in [-0.25, -0.2) is 9.78 Å². The number of carbonyl (C=O) groups is 1. The lowest BCUT2D eigenvalue weighted by molar-refractivity contribution is -0.385. The van der Waals surface area contributed by atoms with Crippen molar-refractivity contribution in [3.8, 4) is 0 Å². The molecule has 0 saturated heterocycles. The van der Waals surface area contributed by atoms with E-state index < -0.39 is 22.1 Å². The average Bonchev–Trinajstić information content (AvgIpc) is 2.08. The Balaban J connectivity index is 3.53. The summed E-state index contributed by atoms with van der Waals surface area (Å²) in [6, 6.07) is 0. The summed E-state index contributed by atoms with van der Waals surface area (Å²) in [5.74, 6) is -1.39. The third-order valence-electron chi connectivity index (χ3n) is 1.65. The average molecular weight is 217 g/mol. The Morgan fingerprint density at radius 2 is 2.29 bits per heavy atom. The van der Waals surface area contributed by atoms with Crippen LogP contribution in [0.5, 0.6) is 0 Å². The highest BCUT2D eigenvalue weighted by Gasteiger charge is 2.24. The zero-order valence-electron chi connectivity index (χ0n) is 7.02. The number of aromatic carboxylic acids is 1. The van der Waals surface area contributed by atoms with Gasteiger partial charge in [0.15, 0.2) is 0 Å². The standard InChI is InChI=1S/C7H5ClN2O4/c1-3-5(7(11)12)4(10(13)14)2-9-6(3)8/h2H,1H3,(H,11,12). The van der Waals surface area contributed by atoms with Crippen molar-refractivity contribution in [1.82, 2.24) is 4.98 Å². The van der Waals surface area contributed by atoms with Crippen molar-refractivity contribution in [2.75, 3.05) is 0 Å². The summed E-state index contributed by atoms with van der Waals surface area (Å²) in [5.41, 5.74) is -0.886. The van der Waals surface area contributed by atoms with Crippen LogP contribution in [-0.4, -0.2) is 21.0 Å². The minimum absolute atomic E-state index is 0.0481. The molecule has 0 atom stereocenters. The monoisotopic (exact) mass is 216 g/mol. The van der Waals surface area contributed by atoms with Gasteiger partial charge in [0.2, 0.25) is 0 Å². The molecule has 1 rings (SSSR count). The van der Waals surface area contributed by atoms with E-state index in [1.165, 1.54) is 6.92 Å². The van der Waals surface area contributed by atoms with Crippen LogP contribution in [0.1, 0.15) is 15.9 Å². The molecule has 0 aliphatic carbocycles. The van der Waals surface area contributed by atoms with E-state index in [-0.39, 0.29) is 10.7 Å². The van der Waals surface area contributed by atoms with Gasteiger partial charge in [0.1, 0.15) is 16.9 Å². The molecule has 14 heavy (non-hydrogen) atoms. The van der Waals surface area contributed by atoms with E-state index in [4.69, 9.17) is 16.7 Å². The second-order valence-corrected chi connectivity index (χ2v) is 2.85. The number of aromatic nitrogens is 1. The number of hydrogen-bond acceptors (Lipinski definition) is 4. The van der Waals surface area contributed by atoms with Crippen LogP contribution < -0.4 is 0 Å². The lowest BCUT2D eigenvalue weighted by Gasteiger charge is -2.02. The first-order valence-corrected chi connectivity index (χ1v) is 3.85. The molecule has 1 aromatic heterocycles. The first-order chi connectivity index (χ1) is 6.45. The molecule has 1 aromatic rings. The van der Waals surface area contributed by atoms with E-state index >= 15 is 0 Å². The van der Waals surface area contributed by atoms with E-state index in [1.807, 2.05) is 0 Å². The predicted octanol–water partition coefficient (Wildman–Crippen LogP) is 1.65. The van der Waals surface area contributed by atoms with Crippen molar-refractivity contribution in [2.45, 2.75) is 6.92 Å². The number of pyridine rings is 1. The summed E-state index contributed by atoms with van der Waals surface area (Å²) >= 11 is 5.54. The number of carboxylic acids is 1. The minimum atomic E-state index is -1.39. The molecule has 0 aliphatic rings. The van der Waals surface area contributed by atoms with Crippen LogP contribution in [0.3, 0.4) is 0 Å². The number of rotatable bonds is 2. The fraction of sp³-hybridized carbons (Fsp3) is 0.143. The second kappa shape index (κ2) is 3.59. The number of halogens is 1. The van der Waals surface area contributed by atoms with Crippen molar-refractivity contribution >= 4 is 23.3 Å². The predicted molar refractivity (Wildman–Crippen MR) is 47.6 cm³/mol. The fourth-order valence-electron chi connectivity index (χ4n) is 0.983. The molecule has 7 heteroatoms.